The Morgan fingerprint density at radius 3 is 1.96 bits per heavy atom. The van der Waals surface area contributed by atoms with Gasteiger partial charge in [-0.05, 0) is 24.7 Å². The average molecular weight is 388 g/mol. The summed E-state index contributed by atoms with van der Waals surface area (Å²) in [6.07, 6.45) is 0.555. The summed E-state index contributed by atoms with van der Waals surface area (Å²) in [6.45, 7) is 13.2. The Morgan fingerprint density at radius 2 is 1.56 bits per heavy atom. The molecule has 0 aliphatic rings. The Labute approximate surface area is 163 Å². The van der Waals surface area contributed by atoms with Gasteiger partial charge in [-0.1, -0.05) is 54.9 Å². The van der Waals surface area contributed by atoms with Crippen LogP contribution in [-0.4, -0.2) is 36.0 Å². The van der Waals surface area contributed by atoms with Crippen molar-refractivity contribution in [3.8, 4) is 0 Å². The second-order valence-corrected chi connectivity index (χ2v) is 8.16. The van der Waals surface area contributed by atoms with Crippen molar-refractivity contribution >= 4 is 18.0 Å². The van der Waals surface area contributed by atoms with Gasteiger partial charge in [-0.2, -0.15) is 0 Å². The van der Waals surface area contributed by atoms with E-state index >= 15 is 0 Å². The highest BCUT2D eigenvalue weighted by atomic mass is 16.7. The number of nitrogens with one attached hydrogen (secondary N) is 1. The molecule has 0 heterocycles. The van der Waals surface area contributed by atoms with Crippen molar-refractivity contribution in [1.82, 2.24) is 5.32 Å². The van der Waals surface area contributed by atoms with Crippen LogP contribution in [0.4, 0.5) is 4.79 Å². The third-order valence-corrected chi connectivity index (χ3v) is 4.31. The lowest BCUT2D eigenvalue weighted by Crippen LogP contribution is -2.39. The molecule has 0 radical (unpaired) electrons. The highest BCUT2D eigenvalue weighted by Crippen LogP contribution is 2.23. The Hall–Kier alpha value is -1.79. The molecule has 0 rings (SSSR count). The second-order valence-electron chi connectivity index (χ2n) is 8.16. The van der Waals surface area contributed by atoms with Gasteiger partial charge in [0.2, 0.25) is 0 Å². The molecule has 0 aromatic heterocycles. The minimum atomic E-state index is -1.01. The zero-order valence-corrected chi connectivity index (χ0v) is 17.8. The Bertz CT molecular complexity index is 475. The highest BCUT2D eigenvalue weighted by molar-refractivity contribution is 5.73. The van der Waals surface area contributed by atoms with Crippen LogP contribution in [0.5, 0.6) is 0 Å². The monoisotopic (exact) mass is 387 g/mol. The van der Waals surface area contributed by atoms with E-state index in [4.69, 9.17) is 9.47 Å². The first kappa shape index (κ1) is 25.2. The molecule has 7 nitrogen and oxygen atoms in total. The highest BCUT2D eigenvalue weighted by Gasteiger charge is 2.26. The molecule has 27 heavy (non-hydrogen) atoms. The summed E-state index contributed by atoms with van der Waals surface area (Å²) in [7, 11) is 0. The SMILES string of the molecule is CC[C@H](CC(C)C)C[C@@H](CNC(=O)O[C@@H](OC(=O)C(C)C)C(C)C)C(=O)O. The van der Waals surface area contributed by atoms with Crippen molar-refractivity contribution in [3.63, 3.8) is 0 Å². The van der Waals surface area contributed by atoms with Crippen molar-refractivity contribution < 1.29 is 29.0 Å². The number of hydrogen-bond acceptors (Lipinski definition) is 5. The Morgan fingerprint density at radius 1 is 0.963 bits per heavy atom. The summed E-state index contributed by atoms with van der Waals surface area (Å²) in [5.41, 5.74) is 0. The predicted octanol–water partition coefficient (Wildman–Crippen LogP) is 4.06. The van der Waals surface area contributed by atoms with E-state index in [0.29, 0.717) is 18.3 Å². The fraction of sp³-hybridized carbons (Fsp3) is 0.850. The summed E-state index contributed by atoms with van der Waals surface area (Å²) in [4.78, 5) is 35.3. The third kappa shape index (κ3) is 10.8. The summed E-state index contributed by atoms with van der Waals surface area (Å²) in [5, 5.41) is 12.0. The molecular formula is C20H37NO6. The normalized spacial score (nSPS) is 14.7. The molecule has 1 amide bonds. The van der Waals surface area contributed by atoms with Gasteiger partial charge in [0.1, 0.15) is 0 Å². The van der Waals surface area contributed by atoms with Gasteiger partial charge in [-0.15, -0.1) is 0 Å². The van der Waals surface area contributed by atoms with E-state index in [1.165, 1.54) is 0 Å². The molecule has 0 aliphatic heterocycles. The summed E-state index contributed by atoms with van der Waals surface area (Å²) < 4.78 is 10.4. The van der Waals surface area contributed by atoms with Gasteiger partial charge in [0.25, 0.3) is 6.29 Å². The van der Waals surface area contributed by atoms with Crippen LogP contribution in [0.3, 0.4) is 0 Å². The quantitative estimate of drug-likeness (QED) is 0.387. The van der Waals surface area contributed by atoms with E-state index in [0.717, 1.165) is 12.8 Å². The zero-order valence-electron chi connectivity index (χ0n) is 17.8. The zero-order chi connectivity index (χ0) is 21.1. The fourth-order valence-electron chi connectivity index (χ4n) is 2.67. The lowest BCUT2D eigenvalue weighted by molar-refractivity contribution is -0.178. The van der Waals surface area contributed by atoms with E-state index in [9.17, 15) is 19.5 Å². The van der Waals surface area contributed by atoms with Crippen LogP contribution in [-0.2, 0) is 19.1 Å². The molecule has 0 unspecified atom stereocenters. The first-order valence-electron chi connectivity index (χ1n) is 9.85. The molecular weight excluding hydrogens is 350 g/mol. The van der Waals surface area contributed by atoms with Gasteiger partial charge in [-0.25, -0.2) is 4.79 Å². The number of ether oxygens (including phenoxy) is 2. The van der Waals surface area contributed by atoms with Crippen molar-refractivity contribution in [1.29, 1.82) is 0 Å². The molecule has 3 atom stereocenters. The van der Waals surface area contributed by atoms with Crippen LogP contribution in [0.15, 0.2) is 0 Å². The number of alkyl carbamates (subject to hydrolysis) is 1. The average Bonchev–Trinajstić information content (AvgIpc) is 2.55. The molecule has 7 heteroatoms. The lowest BCUT2D eigenvalue weighted by atomic mass is 9.86. The van der Waals surface area contributed by atoms with E-state index in [1.54, 1.807) is 27.7 Å². The molecule has 0 bridgehead atoms. The molecule has 0 saturated carbocycles. The van der Waals surface area contributed by atoms with Crippen LogP contribution in [0.1, 0.15) is 67.7 Å². The smallest absolute Gasteiger partial charge is 0.410 e. The standard InChI is InChI=1S/C20H37NO6/c1-8-15(9-12(2)3)10-16(17(22)23)11-21-20(25)27-19(14(6)7)26-18(24)13(4)5/h12-16,19H,8-11H2,1-7H3,(H,21,25)(H,22,23)/t15-,16+,19-/m1/s1. The van der Waals surface area contributed by atoms with Crippen molar-refractivity contribution in [2.45, 2.75) is 74.0 Å². The summed E-state index contributed by atoms with van der Waals surface area (Å²) in [5.74, 6) is -1.85. The van der Waals surface area contributed by atoms with Crippen LogP contribution >= 0.6 is 0 Å². The molecule has 0 fully saturated rings. The number of carbonyl (C=O) groups excluding carboxylic acids is 2. The predicted molar refractivity (Wildman–Crippen MR) is 103 cm³/mol. The van der Waals surface area contributed by atoms with Crippen LogP contribution in [0.25, 0.3) is 0 Å². The molecule has 0 saturated heterocycles. The molecule has 0 aromatic rings. The van der Waals surface area contributed by atoms with Crippen molar-refractivity contribution in [2.75, 3.05) is 6.54 Å². The second kappa shape index (κ2) is 12.6. The maximum Gasteiger partial charge on any atom is 0.410 e. The number of hydrogen-bond donors (Lipinski definition) is 2. The maximum atomic E-state index is 12.1. The largest absolute Gasteiger partial charge is 0.481 e. The Kier molecular flexibility index (Phi) is 11.7. The van der Waals surface area contributed by atoms with E-state index in [2.05, 4.69) is 19.2 Å². The third-order valence-electron chi connectivity index (χ3n) is 4.31. The molecule has 158 valence electrons. The van der Waals surface area contributed by atoms with Crippen molar-refractivity contribution in [3.05, 3.63) is 0 Å². The minimum absolute atomic E-state index is 0.0221. The van der Waals surface area contributed by atoms with Crippen molar-refractivity contribution in [2.24, 2.45) is 29.6 Å². The first-order chi connectivity index (χ1) is 12.5. The number of carboxylic acids is 1. The van der Waals surface area contributed by atoms with E-state index in [-0.39, 0.29) is 18.4 Å². The lowest BCUT2D eigenvalue weighted by Gasteiger charge is -2.24. The fourth-order valence-corrected chi connectivity index (χ4v) is 2.67. The molecule has 0 aromatic carbocycles. The minimum Gasteiger partial charge on any atom is -0.481 e. The number of rotatable bonds is 12. The first-order valence-corrected chi connectivity index (χ1v) is 9.85. The molecule has 0 spiro atoms. The van der Waals surface area contributed by atoms with Crippen LogP contribution in [0, 0.1) is 29.6 Å². The van der Waals surface area contributed by atoms with E-state index < -0.39 is 30.2 Å². The molecule has 0 aliphatic carbocycles. The van der Waals surface area contributed by atoms with Gasteiger partial charge < -0.3 is 19.9 Å². The number of amides is 1. The number of aliphatic carboxylic acids is 1. The number of carbonyl (C=O) groups is 3. The van der Waals surface area contributed by atoms with Crippen LogP contribution in [0.2, 0.25) is 0 Å². The summed E-state index contributed by atoms with van der Waals surface area (Å²) >= 11 is 0. The topological polar surface area (TPSA) is 102 Å². The van der Waals surface area contributed by atoms with Gasteiger partial charge in [0, 0.05) is 12.5 Å². The van der Waals surface area contributed by atoms with Gasteiger partial charge in [0.15, 0.2) is 0 Å². The van der Waals surface area contributed by atoms with Gasteiger partial charge in [-0.3, -0.25) is 9.59 Å². The number of carboxylic acid groups (broad SMARTS) is 1. The van der Waals surface area contributed by atoms with Crippen LogP contribution < -0.4 is 5.32 Å². The maximum absolute atomic E-state index is 12.1. The van der Waals surface area contributed by atoms with E-state index in [1.807, 2.05) is 6.92 Å². The van der Waals surface area contributed by atoms with Gasteiger partial charge in [0.05, 0.1) is 11.8 Å². The Balaban J connectivity index is 4.70. The number of esters is 1. The molecule has 2 N–H and O–H groups in total. The summed E-state index contributed by atoms with van der Waals surface area (Å²) in [6, 6.07) is 0. The van der Waals surface area contributed by atoms with Gasteiger partial charge >= 0.3 is 18.0 Å².